The Bertz CT molecular complexity index is 520. The topological polar surface area (TPSA) is 87.1 Å². The predicted octanol–water partition coefficient (Wildman–Crippen LogP) is 3.09. The van der Waals surface area contributed by atoms with Crippen LogP contribution in [-0.4, -0.2) is 26.2 Å². The molecule has 20 heavy (non-hydrogen) atoms. The number of nitrogens with zero attached hydrogens (tertiary/aromatic N) is 3. The van der Waals surface area contributed by atoms with Gasteiger partial charge >= 0.3 is 5.97 Å². The zero-order valence-corrected chi connectivity index (χ0v) is 12.4. The van der Waals surface area contributed by atoms with Crippen molar-refractivity contribution in [1.82, 2.24) is 5.32 Å². The number of azide groups is 1. The van der Waals surface area contributed by atoms with E-state index in [1.165, 1.54) is 25.3 Å². The van der Waals surface area contributed by atoms with Crippen LogP contribution in [0.4, 0.5) is 4.39 Å². The van der Waals surface area contributed by atoms with Crippen LogP contribution in [0.15, 0.2) is 27.8 Å². The molecule has 0 aromatic heterocycles. The molecule has 0 radical (unpaired) electrons. The Kier molecular flexibility index (Phi) is 7.00. The Hall–Kier alpha value is -1.63. The van der Waals surface area contributed by atoms with Crippen LogP contribution in [0.5, 0.6) is 0 Å². The molecule has 0 saturated heterocycles. The number of esters is 1. The maximum Gasteiger partial charge on any atom is 0.327 e. The summed E-state index contributed by atoms with van der Waals surface area (Å²) in [5.41, 5.74) is 8.62. The molecule has 1 rings (SSSR count). The minimum Gasteiger partial charge on any atom is -0.468 e. The summed E-state index contributed by atoms with van der Waals surface area (Å²) in [6.07, 6.45) is 0.560. The van der Waals surface area contributed by atoms with Gasteiger partial charge in [-0.3, -0.25) is 0 Å². The Balaban J connectivity index is 2.81. The molecule has 8 heteroatoms. The first-order valence-corrected chi connectivity index (χ1v) is 6.66. The molecule has 0 aliphatic heterocycles. The first-order valence-electron chi connectivity index (χ1n) is 5.87. The highest BCUT2D eigenvalue weighted by molar-refractivity contribution is 9.10. The van der Waals surface area contributed by atoms with Crippen LogP contribution in [-0.2, 0) is 9.53 Å². The van der Waals surface area contributed by atoms with Crippen LogP contribution in [0.3, 0.4) is 0 Å². The molecule has 1 N–H and O–H groups in total. The van der Waals surface area contributed by atoms with E-state index in [0.717, 1.165) is 0 Å². The van der Waals surface area contributed by atoms with Crippen molar-refractivity contribution in [2.75, 3.05) is 20.2 Å². The van der Waals surface area contributed by atoms with Crippen LogP contribution in [0.1, 0.15) is 18.0 Å². The van der Waals surface area contributed by atoms with Gasteiger partial charge < -0.3 is 10.1 Å². The number of benzene rings is 1. The van der Waals surface area contributed by atoms with Crippen LogP contribution < -0.4 is 5.32 Å². The summed E-state index contributed by atoms with van der Waals surface area (Å²) >= 11 is 3.28. The fourth-order valence-corrected chi connectivity index (χ4v) is 2.09. The van der Waals surface area contributed by atoms with E-state index in [9.17, 15) is 9.18 Å². The summed E-state index contributed by atoms with van der Waals surface area (Å²) in [5, 5.41) is 6.35. The Morgan fingerprint density at radius 1 is 1.65 bits per heavy atom. The SMILES string of the molecule is COC(=O)C(NCCCN=[N+]=[N-])c1cc(F)ccc1Br. The third-order valence-corrected chi connectivity index (χ3v) is 3.27. The highest BCUT2D eigenvalue weighted by atomic mass is 79.9. The fraction of sp³-hybridized carbons (Fsp3) is 0.417. The van der Waals surface area contributed by atoms with E-state index < -0.39 is 17.8 Å². The normalized spacial score (nSPS) is 11.6. The Morgan fingerprint density at radius 2 is 2.40 bits per heavy atom. The number of carbonyl (C=O) groups excluding carboxylic acids is 1. The van der Waals surface area contributed by atoms with Gasteiger partial charge in [-0.2, -0.15) is 0 Å². The van der Waals surface area contributed by atoms with Crippen molar-refractivity contribution in [2.24, 2.45) is 5.11 Å². The van der Waals surface area contributed by atoms with Gasteiger partial charge in [0, 0.05) is 15.9 Å². The average molecular weight is 345 g/mol. The van der Waals surface area contributed by atoms with Crippen LogP contribution >= 0.6 is 15.9 Å². The maximum absolute atomic E-state index is 13.3. The van der Waals surface area contributed by atoms with Gasteiger partial charge in [0.15, 0.2) is 0 Å². The standard InChI is InChI=1S/C12H14BrFN4O2/c1-20-12(19)11(16-5-2-6-17-18-15)9-7-8(14)3-4-10(9)13/h3-4,7,11,16H,2,5-6H2,1H3. The molecular weight excluding hydrogens is 331 g/mol. The second-order valence-corrected chi connectivity index (χ2v) is 4.74. The Morgan fingerprint density at radius 3 is 3.05 bits per heavy atom. The molecule has 1 unspecified atom stereocenters. The molecule has 0 heterocycles. The molecule has 6 nitrogen and oxygen atoms in total. The van der Waals surface area contributed by atoms with Gasteiger partial charge in [0.1, 0.15) is 11.9 Å². The molecule has 1 atom stereocenters. The highest BCUT2D eigenvalue weighted by Crippen LogP contribution is 2.25. The van der Waals surface area contributed by atoms with Crippen molar-refractivity contribution in [2.45, 2.75) is 12.5 Å². The smallest absolute Gasteiger partial charge is 0.327 e. The van der Waals surface area contributed by atoms with Gasteiger partial charge in [0.05, 0.1) is 7.11 Å². The lowest BCUT2D eigenvalue weighted by atomic mass is 10.1. The minimum absolute atomic E-state index is 0.321. The van der Waals surface area contributed by atoms with E-state index in [0.29, 0.717) is 29.5 Å². The monoisotopic (exact) mass is 344 g/mol. The molecule has 0 saturated carbocycles. The summed E-state index contributed by atoms with van der Waals surface area (Å²) < 4.78 is 18.6. The van der Waals surface area contributed by atoms with Crippen molar-refractivity contribution in [3.63, 3.8) is 0 Å². The molecule has 1 aromatic carbocycles. The number of methoxy groups -OCH3 is 1. The Labute approximate surface area is 124 Å². The van der Waals surface area contributed by atoms with Gasteiger partial charge in [-0.05, 0) is 42.3 Å². The first kappa shape index (κ1) is 16.4. The lowest BCUT2D eigenvalue weighted by molar-refractivity contribution is -0.143. The van der Waals surface area contributed by atoms with Crippen molar-refractivity contribution >= 4 is 21.9 Å². The molecule has 0 aliphatic rings. The first-order chi connectivity index (χ1) is 9.60. The van der Waals surface area contributed by atoms with Crippen molar-refractivity contribution in [3.8, 4) is 0 Å². The largest absolute Gasteiger partial charge is 0.468 e. The van der Waals surface area contributed by atoms with Crippen LogP contribution in [0, 0.1) is 5.82 Å². The van der Waals surface area contributed by atoms with Gasteiger partial charge in [0.25, 0.3) is 0 Å². The predicted molar refractivity (Wildman–Crippen MR) is 75.5 cm³/mol. The number of carbonyl (C=O) groups is 1. The summed E-state index contributed by atoms with van der Waals surface area (Å²) in [6, 6.07) is 3.31. The summed E-state index contributed by atoms with van der Waals surface area (Å²) in [5.74, 6) is -0.951. The number of rotatable bonds is 7. The number of hydrogen-bond donors (Lipinski definition) is 1. The average Bonchev–Trinajstić information content (AvgIpc) is 2.45. The highest BCUT2D eigenvalue weighted by Gasteiger charge is 2.23. The van der Waals surface area contributed by atoms with Crippen molar-refractivity contribution < 1.29 is 13.9 Å². The van der Waals surface area contributed by atoms with E-state index in [-0.39, 0.29) is 0 Å². The van der Waals surface area contributed by atoms with Crippen LogP contribution in [0.25, 0.3) is 10.4 Å². The van der Waals surface area contributed by atoms with Crippen LogP contribution in [0.2, 0.25) is 0 Å². The zero-order chi connectivity index (χ0) is 15.0. The second kappa shape index (κ2) is 8.52. The van der Waals surface area contributed by atoms with Crippen molar-refractivity contribution in [1.29, 1.82) is 0 Å². The van der Waals surface area contributed by atoms with E-state index in [1.807, 2.05) is 0 Å². The maximum atomic E-state index is 13.3. The molecule has 0 bridgehead atoms. The molecule has 108 valence electrons. The van der Waals surface area contributed by atoms with Gasteiger partial charge in [-0.1, -0.05) is 21.0 Å². The summed E-state index contributed by atoms with van der Waals surface area (Å²) in [4.78, 5) is 14.4. The number of nitrogens with one attached hydrogen (secondary N) is 1. The van der Waals surface area contributed by atoms with E-state index in [2.05, 4.69) is 31.3 Å². The second-order valence-electron chi connectivity index (χ2n) is 3.88. The van der Waals surface area contributed by atoms with E-state index >= 15 is 0 Å². The van der Waals surface area contributed by atoms with Gasteiger partial charge in [-0.15, -0.1) is 0 Å². The zero-order valence-electron chi connectivity index (χ0n) is 10.8. The van der Waals surface area contributed by atoms with Gasteiger partial charge in [0.2, 0.25) is 0 Å². The van der Waals surface area contributed by atoms with E-state index in [1.54, 1.807) is 0 Å². The molecule has 1 aromatic rings. The summed E-state index contributed by atoms with van der Waals surface area (Å²) in [6.45, 7) is 0.753. The van der Waals surface area contributed by atoms with Crippen molar-refractivity contribution in [3.05, 3.63) is 44.5 Å². The lowest BCUT2D eigenvalue weighted by Crippen LogP contribution is -2.31. The number of ether oxygens (including phenoxy) is 1. The number of hydrogen-bond acceptors (Lipinski definition) is 4. The molecular formula is C12H14BrFN4O2. The van der Waals surface area contributed by atoms with Gasteiger partial charge in [-0.25, -0.2) is 9.18 Å². The molecule has 0 amide bonds. The summed E-state index contributed by atoms with van der Waals surface area (Å²) in [7, 11) is 1.27. The number of halogens is 2. The third-order valence-electron chi connectivity index (χ3n) is 2.55. The van der Waals surface area contributed by atoms with E-state index in [4.69, 9.17) is 10.3 Å². The fourth-order valence-electron chi connectivity index (χ4n) is 1.61. The third kappa shape index (κ3) is 4.80. The molecule has 0 aliphatic carbocycles. The molecule has 0 spiro atoms. The minimum atomic E-state index is -0.781. The lowest BCUT2D eigenvalue weighted by Gasteiger charge is -2.18. The molecule has 0 fully saturated rings. The quantitative estimate of drug-likeness (QED) is 0.271.